The van der Waals surface area contributed by atoms with Gasteiger partial charge in [0.25, 0.3) is 6.47 Å². The highest BCUT2D eigenvalue weighted by Crippen LogP contribution is 2.30. The second-order valence-electron chi connectivity index (χ2n) is 3.58. The molecule has 4 heteroatoms. The predicted octanol–water partition coefficient (Wildman–Crippen LogP) is 3.56. The third kappa shape index (κ3) is 3.34. The molecule has 18 heavy (non-hydrogen) atoms. The van der Waals surface area contributed by atoms with Crippen molar-refractivity contribution in [3.05, 3.63) is 58.6 Å². The lowest BCUT2D eigenvalue weighted by Crippen LogP contribution is -1.98. The average molecular weight is 307 g/mol. The molecule has 92 valence electrons. The number of hydrogen-bond donors (Lipinski definition) is 0. The predicted molar refractivity (Wildman–Crippen MR) is 71.6 cm³/mol. The first-order chi connectivity index (χ1) is 8.79. The van der Waals surface area contributed by atoms with Crippen LogP contribution in [0.3, 0.4) is 0 Å². The van der Waals surface area contributed by atoms with Gasteiger partial charge in [-0.3, -0.25) is 4.79 Å². The molecule has 0 saturated heterocycles. The highest BCUT2D eigenvalue weighted by molar-refractivity contribution is 9.10. The van der Waals surface area contributed by atoms with Gasteiger partial charge in [-0.2, -0.15) is 0 Å². The molecule has 0 N–H and O–H groups in total. The lowest BCUT2D eigenvalue weighted by Gasteiger charge is -2.10. The number of ether oxygens (including phenoxy) is 2. The smallest absolute Gasteiger partial charge is 0.298 e. The lowest BCUT2D eigenvalue weighted by molar-refractivity contribution is -0.120. The highest BCUT2D eigenvalue weighted by Gasteiger charge is 2.06. The van der Waals surface area contributed by atoms with Crippen molar-refractivity contribution in [3.63, 3.8) is 0 Å². The third-order valence-electron chi connectivity index (χ3n) is 2.32. The zero-order chi connectivity index (χ0) is 12.8. The number of carbonyl (C=O) groups is 1. The fourth-order valence-corrected chi connectivity index (χ4v) is 1.82. The van der Waals surface area contributed by atoms with Gasteiger partial charge in [0.15, 0.2) is 11.5 Å². The minimum Gasteiger partial charge on any atom is -0.485 e. The molecule has 0 aliphatic rings. The van der Waals surface area contributed by atoms with Crippen LogP contribution in [0.25, 0.3) is 0 Å². The SMILES string of the molecule is O=COc1cc(Br)ccc1OCc1ccccc1. The van der Waals surface area contributed by atoms with Crippen LogP contribution in [-0.4, -0.2) is 6.47 Å². The Bertz CT molecular complexity index is 526. The van der Waals surface area contributed by atoms with Crippen LogP contribution < -0.4 is 9.47 Å². The van der Waals surface area contributed by atoms with E-state index in [2.05, 4.69) is 15.9 Å². The highest BCUT2D eigenvalue weighted by atomic mass is 79.9. The van der Waals surface area contributed by atoms with Gasteiger partial charge < -0.3 is 9.47 Å². The summed E-state index contributed by atoms with van der Waals surface area (Å²) in [5.41, 5.74) is 1.05. The van der Waals surface area contributed by atoms with E-state index in [1.54, 1.807) is 12.1 Å². The minimum absolute atomic E-state index is 0.386. The first kappa shape index (κ1) is 12.6. The summed E-state index contributed by atoms with van der Waals surface area (Å²) in [6.07, 6.45) is 0. The second kappa shape index (κ2) is 6.21. The normalized spacial score (nSPS) is 9.83. The number of halogens is 1. The van der Waals surface area contributed by atoms with E-state index in [1.807, 2.05) is 36.4 Å². The topological polar surface area (TPSA) is 35.5 Å². The monoisotopic (exact) mass is 306 g/mol. The summed E-state index contributed by atoms with van der Waals surface area (Å²) in [4.78, 5) is 10.4. The van der Waals surface area contributed by atoms with Crippen LogP contribution in [0.1, 0.15) is 5.56 Å². The molecule has 0 atom stereocenters. The molecule has 3 nitrogen and oxygen atoms in total. The van der Waals surface area contributed by atoms with Crippen molar-refractivity contribution in [1.82, 2.24) is 0 Å². The van der Waals surface area contributed by atoms with Crippen molar-refractivity contribution < 1.29 is 14.3 Å². The van der Waals surface area contributed by atoms with E-state index < -0.39 is 0 Å². The standard InChI is InChI=1S/C14H11BrO3/c15-12-6-7-13(14(8-12)18-10-16)17-9-11-4-2-1-3-5-11/h1-8,10H,9H2. The van der Waals surface area contributed by atoms with E-state index >= 15 is 0 Å². The first-order valence-corrected chi connectivity index (χ1v) is 6.15. The number of hydrogen-bond acceptors (Lipinski definition) is 3. The zero-order valence-corrected chi connectivity index (χ0v) is 11.1. The maximum absolute atomic E-state index is 10.4. The van der Waals surface area contributed by atoms with Gasteiger partial charge in [-0.05, 0) is 23.8 Å². The maximum atomic E-state index is 10.4. The van der Waals surface area contributed by atoms with Crippen LogP contribution in [0.15, 0.2) is 53.0 Å². The van der Waals surface area contributed by atoms with Crippen LogP contribution in [0.5, 0.6) is 11.5 Å². The summed E-state index contributed by atoms with van der Waals surface area (Å²) in [7, 11) is 0. The Morgan fingerprint density at radius 3 is 2.56 bits per heavy atom. The molecule has 2 rings (SSSR count). The molecule has 0 amide bonds. The van der Waals surface area contributed by atoms with E-state index in [4.69, 9.17) is 9.47 Å². The second-order valence-corrected chi connectivity index (χ2v) is 4.50. The Morgan fingerprint density at radius 1 is 1.06 bits per heavy atom. The molecule has 0 heterocycles. The molecule has 2 aromatic carbocycles. The Balaban J connectivity index is 2.11. The average Bonchev–Trinajstić information content (AvgIpc) is 2.39. The molecular formula is C14H11BrO3. The zero-order valence-electron chi connectivity index (χ0n) is 9.51. The van der Waals surface area contributed by atoms with Crippen molar-refractivity contribution in [1.29, 1.82) is 0 Å². The minimum atomic E-state index is 0.386. The quantitative estimate of drug-likeness (QED) is 0.792. The molecule has 0 bridgehead atoms. The van der Waals surface area contributed by atoms with E-state index in [-0.39, 0.29) is 0 Å². The summed E-state index contributed by atoms with van der Waals surface area (Å²) < 4.78 is 11.3. The summed E-state index contributed by atoms with van der Waals surface area (Å²) in [5, 5.41) is 0. The fourth-order valence-electron chi connectivity index (χ4n) is 1.48. The van der Waals surface area contributed by atoms with Gasteiger partial charge in [0, 0.05) is 4.47 Å². The Kier molecular flexibility index (Phi) is 4.36. The summed E-state index contributed by atoms with van der Waals surface area (Å²) in [5.74, 6) is 0.935. The van der Waals surface area contributed by atoms with E-state index in [9.17, 15) is 4.79 Å². The molecule has 0 aromatic heterocycles. The largest absolute Gasteiger partial charge is 0.485 e. The van der Waals surface area contributed by atoms with Crippen molar-refractivity contribution in [2.45, 2.75) is 6.61 Å². The van der Waals surface area contributed by atoms with Gasteiger partial charge in [-0.15, -0.1) is 0 Å². The van der Waals surface area contributed by atoms with Crippen LogP contribution in [-0.2, 0) is 11.4 Å². The molecule has 0 aliphatic heterocycles. The third-order valence-corrected chi connectivity index (χ3v) is 2.81. The molecule has 0 radical (unpaired) electrons. The van der Waals surface area contributed by atoms with Crippen LogP contribution in [0.2, 0.25) is 0 Å². The van der Waals surface area contributed by atoms with Crippen LogP contribution >= 0.6 is 15.9 Å². The van der Waals surface area contributed by atoms with Gasteiger partial charge in [0.2, 0.25) is 0 Å². The number of rotatable bonds is 5. The summed E-state index contributed by atoms with van der Waals surface area (Å²) in [6.45, 7) is 0.814. The lowest BCUT2D eigenvalue weighted by atomic mass is 10.2. The van der Waals surface area contributed by atoms with Gasteiger partial charge in [0.05, 0.1) is 0 Å². The van der Waals surface area contributed by atoms with Crippen molar-refractivity contribution >= 4 is 22.4 Å². The van der Waals surface area contributed by atoms with Gasteiger partial charge >= 0.3 is 0 Å². The fraction of sp³-hybridized carbons (Fsp3) is 0.0714. The van der Waals surface area contributed by atoms with Crippen molar-refractivity contribution in [2.75, 3.05) is 0 Å². The number of carbonyl (C=O) groups excluding carboxylic acids is 1. The van der Waals surface area contributed by atoms with Crippen molar-refractivity contribution in [2.24, 2.45) is 0 Å². The Morgan fingerprint density at radius 2 is 1.83 bits per heavy atom. The summed E-state index contributed by atoms with van der Waals surface area (Å²) in [6, 6.07) is 15.1. The molecule has 2 aromatic rings. The first-order valence-electron chi connectivity index (χ1n) is 5.36. The Hall–Kier alpha value is -1.81. The van der Waals surface area contributed by atoms with Gasteiger partial charge in [0.1, 0.15) is 6.61 Å². The van der Waals surface area contributed by atoms with Crippen molar-refractivity contribution in [3.8, 4) is 11.5 Å². The molecule has 0 fully saturated rings. The van der Waals surface area contributed by atoms with Crippen LogP contribution in [0, 0.1) is 0 Å². The number of benzene rings is 2. The van der Waals surface area contributed by atoms with E-state index in [1.165, 1.54) is 0 Å². The molecule has 0 aliphatic carbocycles. The van der Waals surface area contributed by atoms with Gasteiger partial charge in [-0.1, -0.05) is 46.3 Å². The molecule has 0 saturated carbocycles. The van der Waals surface area contributed by atoms with E-state index in [0.29, 0.717) is 24.6 Å². The summed E-state index contributed by atoms with van der Waals surface area (Å²) >= 11 is 3.31. The Labute approximate surface area is 113 Å². The maximum Gasteiger partial charge on any atom is 0.298 e. The molecule has 0 unspecified atom stereocenters. The molecular weight excluding hydrogens is 296 g/mol. The van der Waals surface area contributed by atoms with Gasteiger partial charge in [-0.25, -0.2) is 0 Å². The van der Waals surface area contributed by atoms with E-state index in [0.717, 1.165) is 10.0 Å². The van der Waals surface area contributed by atoms with Crippen LogP contribution in [0.4, 0.5) is 0 Å². The molecule has 0 spiro atoms.